The van der Waals surface area contributed by atoms with Gasteiger partial charge in [-0.1, -0.05) is 30.3 Å². The molecule has 7 heteroatoms. The molecule has 0 atom stereocenters. The Morgan fingerprint density at radius 1 is 0.733 bits per heavy atom. The zero-order valence-corrected chi connectivity index (χ0v) is 15.9. The Hall–Kier alpha value is -4.49. The number of aromatic nitrogens is 1. The van der Waals surface area contributed by atoms with E-state index in [2.05, 4.69) is 27.8 Å². The van der Waals surface area contributed by atoms with Crippen molar-refractivity contribution in [3.8, 4) is 23.3 Å². The molecule has 0 amide bonds. The van der Waals surface area contributed by atoms with Crippen LogP contribution in [0.3, 0.4) is 0 Å². The van der Waals surface area contributed by atoms with E-state index in [1.165, 1.54) is 0 Å². The molecular weight excluding hydrogens is 378 g/mol. The van der Waals surface area contributed by atoms with Crippen molar-refractivity contribution in [2.75, 3.05) is 10.6 Å². The van der Waals surface area contributed by atoms with Crippen LogP contribution in [0.1, 0.15) is 22.6 Å². The fourth-order valence-electron chi connectivity index (χ4n) is 3.12. The zero-order valence-electron chi connectivity index (χ0n) is 15.9. The molecule has 0 bridgehead atoms. The first kappa shape index (κ1) is 18.9. The van der Waals surface area contributed by atoms with Gasteiger partial charge in [0.1, 0.15) is 46.4 Å². The number of rotatable bonds is 7. The van der Waals surface area contributed by atoms with Crippen molar-refractivity contribution in [3.05, 3.63) is 89.8 Å². The Bertz CT molecular complexity index is 1130. The van der Waals surface area contributed by atoms with Crippen LogP contribution in [0, 0.1) is 22.7 Å². The summed E-state index contributed by atoms with van der Waals surface area (Å²) in [6.07, 6.45) is 3.17. The number of nitrogens with zero attached hydrogens (tertiary/aromatic N) is 3. The third-order valence-electron chi connectivity index (χ3n) is 4.50. The van der Waals surface area contributed by atoms with Gasteiger partial charge in [-0.15, -0.1) is 0 Å². The van der Waals surface area contributed by atoms with Crippen LogP contribution >= 0.6 is 0 Å². The summed E-state index contributed by atoms with van der Waals surface area (Å²) in [5.41, 5.74) is 1.88. The molecule has 0 fully saturated rings. The van der Waals surface area contributed by atoms with Gasteiger partial charge in [-0.25, -0.2) is 4.98 Å². The van der Waals surface area contributed by atoms with Gasteiger partial charge in [0.05, 0.1) is 25.6 Å². The van der Waals surface area contributed by atoms with E-state index in [0.29, 0.717) is 52.9 Å². The summed E-state index contributed by atoms with van der Waals surface area (Å²) in [6.45, 7) is 0.707. The Morgan fingerprint density at radius 2 is 1.27 bits per heavy atom. The molecular formula is C23H17N5O2. The molecule has 0 radical (unpaired) electrons. The highest BCUT2D eigenvalue weighted by molar-refractivity contribution is 5.85. The number of benzene rings is 1. The smallest absolute Gasteiger partial charge is 0.147 e. The van der Waals surface area contributed by atoms with E-state index >= 15 is 0 Å². The Morgan fingerprint density at radius 3 is 1.70 bits per heavy atom. The van der Waals surface area contributed by atoms with Crippen LogP contribution in [0.25, 0.3) is 11.1 Å². The summed E-state index contributed by atoms with van der Waals surface area (Å²) >= 11 is 0. The maximum absolute atomic E-state index is 9.91. The highest BCUT2D eigenvalue weighted by Crippen LogP contribution is 2.35. The maximum atomic E-state index is 9.91. The maximum Gasteiger partial charge on any atom is 0.147 e. The summed E-state index contributed by atoms with van der Waals surface area (Å²) < 4.78 is 10.7. The molecule has 0 aliphatic rings. The molecule has 30 heavy (non-hydrogen) atoms. The van der Waals surface area contributed by atoms with E-state index in [4.69, 9.17) is 8.83 Å². The van der Waals surface area contributed by atoms with E-state index < -0.39 is 0 Å². The molecule has 4 aromatic rings. The molecule has 1 aromatic carbocycles. The van der Waals surface area contributed by atoms with Gasteiger partial charge in [0.25, 0.3) is 0 Å². The molecule has 2 N–H and O–H groups in total. The first-order valence-electron chi connectivity index (χ1n) is 9.26. The number of furan rings is 2. The van der Waals surface area contributed by atoms with Crippen LogP contribution in [-0.4, -0.2) is 4.98 Å². The lowest BCUT2D eigenvalue weighted by molar-refractivity contribution is 0.517. The topological polar surface area (TPSA) is 111 Å². The van der Waals surface area contributed by atoms with Crippen molar-refractivity contribution in [3.63, 3.8) is 0 Å². The predicted molar refractivity (Wildman–Crippen MR) is 111 cm³/mol. The number of hydrogen-bond donors (Lipinski definition) is 2. The van der Waals surface area contributed by atoms with E-state index in [-0.39, 0.29) is 0 Å². The molecule has 0 aliphatic heterocycles. The van der Waals surface area contributed by atoms with Gasteiger partial charge < -0.3 is 19.5 Å². The zero-order chi connectivity index (χ0) is 20.8. The molecule has 7 nitrogen and oxygen atoms in total. The Kier molecular flexibility index (Phi) is 5.45. The normalized spacial score (nSPS) is 10.2. The molecule has 0 saturated heterocycles. The van der Waals surface area contributed by atoms with Gasteiger partial charge in [0, 0.05) is 5.56 Å². The standard InChI is InChI=1S/C23H17N5O2/c24-12-19-21(16-6-2-1-3-7-16)20(13-25)23(27-15-18-9-5-11-30-18)28-22(19)26-14-17-8-4-10-29-17/h1-11H,14-15H2,(H2,26,27,28). The van der Waals surface area contributed by atoms with E-state index in [1.807, 2.05) is 42.5 Å². The molecule has 0 unspecified atom stereocenters. The number of nitrogens with one attached hydrogen (secondary N) is 2. The van der Waals surface area contributed by atoms with Crippen molar-refractivity contribution in [2.24, 2.45) is 0 Å². The summed E-state index contributed by atoms with van der Waals surface area (Å²) in [4.78, 5) is 4.55. The molecule has 4 rings (SSSR count). The van der Waals surface area contributed by atoms with Gasteiger partial charge in [-0.2, -0.15) is 10.5 Å². The quantitative estimate of drug-likeness (QED) is 0.458. The Balaban J connectivity index is 1.81. The second-order valence-corrected chi connectivity index (χ2v) is 6.39. The van der Waals surface area contributed by atoms with Crippen molar-refractivity contribution in [1.29, 1.82) is 10.5 Å². The third-order valence-corrected chi connectivity index (χ3v) is 4.50. The summed E-state index contributed by atoms with van der Waals surface area (Å²) in [5, 5.41) is 26.1. The van der Waals surface area contributed by atoms with Crippen LogP contribution in [0.2, 0.25) is 0 Å². The number of nitriles is 2. The van der Waals surface area contributed by atoms with E-state index in [1.54, 1.807) is 24.7 Å². The van der Waals surface area contributed by atoms with Crippen LogP contribution in [0.4, 0.5) is 11.6 Å². The van der Waals surface area contributed by atoms with Gasteiger partial charge in [0.15, 0.2) is 0 Å². The number of hydrogen-bond acceptors (Lipinski definition) is 7. The second-order valence-electron chi connectivity index (χ2n) is 6.39. The fraction of sp³-hybridized carbons (Fsp3) is 0.0870. The summed E-state index contributed by atoms with van der Waals surface area (Å²) in [5.74, 6) is 2.15. The summed E-state index contributed by atoms with van der Waals surface area (Å²) in [7, 11) is 0. The first-order valence-corrected chi connectivity index (χ1v) is 9.26. The minimum atomic E-state index is 0.299. The van der Waals surface area contributed by atoms with Crippen LogP contribution in [-0.2, 0) is 13.1 Å². The lowest BCUT2D eigenvalue weighted by Crippen LogP contribution is -2.10. The molecule has 3 heterocycles. The van der Waals surface area contributed by atoms with Crippen molar-refractivity contribution >= 4 is 11.6 Å². The van der Waals surface area contributed by atoms with E-state index in [0.717, 1.165) is 5.56 Å². The molecule has 0 saturated carbocycles. The minimum absolute atomic E-state index is 0.299. The first-order chi connectivity index (χ1) is 14.8. The molecule has 0 aliphatic carbocycles. The number of pyridine rings is 1. The van der Waals surface area contributed by atoms with Gasteiger partial charge in [-0.05, 0) is 29.8 Å². The highest BCUT2D eigenvalue weighted by atomic mass is 16.3. The minimum Gasteiger partial charge on any atom is -0.467 e. The van der Waals surface area contributed by atoms with Crippen LogP contribution < -0.4 is 10.6 Å². The van der Waals surface area contributed by atoms with Crippen molar-refractivity contribution in [2.45, 2.75) is 13.1 Å². The van der Waals surface area contributed by atoms with E-state index in [9.17, 15) is 10.5 Å². The fourth-order valence-corrected chi connectivity index (χ4v) is 3.12. The third kappa shape index (κ3) is 3.87. The average Bonchev–Trinajstić information content (AvgIpc) is 3.50. The lowest BCUT2D eigenvalue weighted by Gasteiger charge is -2.16. The molecule has 0 spiro atoms. The number of anilines is 2. The van der Waals surface area contributed by atoms with Crippen LogP contribution in [0.15, 0.2) is 76.0 Å². The largest absolute Gasteiger partial charge is 0.467 e. The lowest BCUT2D eigenvalue weighted by atomic mass is 9.96. The van der Waals surface area contributed by atoms with Gasteiger partial charge in [-0.3, -0.25) is 0 Å². The monoisotopic (exact) mass is 395 g/mol. The van der Waals surface area contributed by atoms with Gasteiger partial charge >= 0.3 is 0 Å². The van der Waals surface area contributed by atoms with Gasteiger partial charge in [0.2, 0.25) is 0 Å². The predicted octanol–water partition coefficient (Wildman–Crippen LogP) is 4.90. The average molecular weight is 395 g/mol. The summed E-state index contributed by atoms with van der Waals surface area (Å²) in [6, 6.07) is 21.0. The Labute approximate surface area is 173 Å². The molecule has 146 valence electrons. The van der Waals surface area contributed by atoms with Crippen molar-refractivity contribution in [1.82, 2.24) is 4.98 Å². The second kappa shape index (κ2) is 8.68. The molecule has 3 aromatic heterocycles. The van der Waals surface area contributed by atoms with Crippen molar-refractivity contribution < 1.29 is 8.83 Å². The highest BCUT2D eigenvalue weighted by Gasteiger charge is 2.21. The SMILES string of the molecule is N#Cc1c(NCc2ccco2)nc(NCc2ccco2)c(C#N)c1-c1ccccc1. The van der Waals surface area contributed by atoms with Crippen LogP contribution in [0.5, 0.6) is 0 Å².